The number of hydrogen-bond donors (Lipinski definition) is 1. The van der Waals surface area contributed by atoms with Gasteiger partial charge in [0.2, 0.25) is 0 Å². The molecule has 1 N–H and O–H groups in total. The number of hydrogen-bond acceptors (Lipinski definition) is 4. The lowest BCUT2D eigenvalue weighted by atomic mass is 9.95. The summed E-state index contributed by atoms with van der Waals surface area (Å²) in [5.74, 6) is 0. The molecule has 1 aliphatic heterocycles. The summed E-state index contributed by atoms with van der Waals surface area (Å²) < 4.78 is 11.2. The molecule has 0 saturated carbocycles. The molecule has 0 aromatic heterocycles. The average Bonchev–Trinajstić information content (AvgIpc) is 3.02. The Kier molecular flexibility index (Phi) is 3.76. The Morgan fingerprint density at radius 1 is 0.950 bits per heavy atom. The van der Waals surface area contributed by atoms with Crippen molar-refractivity contribution in [3.8, 4) is 11.1 Å². The van der Waals surface area contributed by atoms with Crippen LogP contribution in [0, 0.1) is 0 Å². The van der Waals surface area contributed by atoms with Gasteiger partial charge < -0.3 is 14.7 Å². The van der Waals surface area contributed by atoms with Gasteiger partial charge in [0.1, 0.15) is 0 Å². The number of ether oxygens (including phenoxy) is 2. The van der Waals surface area contributed by atoms with Crippen molar-refractivity contribution in [2.45, 2.75) is 6.29 Å². The molecule has 0 aliphatic carbocycles. The van der Waals surface area contributed by atoms with E-state index in [0.717, 1.165) is 22.3 Å². The molecular weight excluding hydrogens is 254 g/mol. The summed E-state index contributed by atoms with van der Waals surface area (Å²) in [6.07, 6.45) is 1.10. The third-order valence-electron chi connectivity index (χ3n) is 3.28. The lowest BCUT2D eigenvalue weighted by Gasteiger charge is -2.16. The lowest BCUT2D eigenvalue weighted by Crippen LogP contribution is -2.01. The predicted molar refractivity (Wildman–Crippen MR) is 75.9 cm³/mol. The third-order valence-corrected chi connectivity index (χ3v) is 3.28. The Morgan fingerprint density at radius 3 is 2.35 bits per heavy atom. The fourth-order valence-corrected chi connectivity index (χ4v) is 2.40. The van der Waals surface area contributed by atoms with E-state index in [1.807, 2.05) is 48.5 Å². The van der Waals surface area contributed by atoms with Crippen molar-refractivity contribution in [2.75, 3.05) is 13.2 Å². The molecule has 1 heterocycles. The van der Waals surface area contributed by atoms with Gasteiger partial charge in [-0.25, -0.2) is 0 Å². The molecule has 3 rings (SSSR count). The Balaban J connectivity index is 2.10. The molecule has 0 unspecified atom stereocenters. The molecule has 0 atom stereocenters. The van der Waals surface area contributed by atoms with Crippen LogP contribution in [-0.2, 0) is 9.47 Å². The largest absolute Gasteiger partial charge is 0.411 e. The average molecular weight is 269 g/mol. The zero-order valence-electron chi connectivity index (χ0n) is 10.9. The van der Waals surface area contributed by atoms with Gasteiger partial charge in [0.25, 0.3) is 0 Å². The van der Waals surface area contributed by atoms with Crippen LogP contribution in [0.4, 0.5) is 0 Å². The zero-order valence-corrected chi connectivity index (χ0v) is 10.9. The first-order valence-electron chi connectivity index (χ1n) is 6.49. The molecule has 2 aromatic rings. The zero-order chi connectivity index (χ0) is 13.8. The highest BCUT2D eigenvalue weighted by Gasteiger charge is 2.22. The summed E-state index contributed by atoms with van der Waals surface area (Å²) in [4.78, 5) is 0. The van der Waals surface area contributed by atoms with Crippen molar-refractivity contribution in [2.24, 2.45) is 5.16 Å². The molecule has 0 bridgehead atoms. The normalized spacial score (nSPS) is 16.0. The van der Waals surface area contributed by atoms with E-state index in [2.05, 4.69) is 5.16 Å². The summed E-state index contributed by atoms with van der Waals surface area (Å²) in [6, 6.07) is 15.7. The van der Waals surface area contributed by atoms with Gasteiger partial charge in [-0.15, -0.1) is 0 Å². The maximum Gasteiger partial charge on any atom is 0.184 e. The molecule has 102 valence electrons. The van der Waals surface area contributed by atoms with E-state index in [4.69, 9.17) is 14.7 Å². The van der Waals surface area contributed by atoms with E-state index in [9.17, 15) is 0 Å². The van der Waals surface area contributed by atoms with Crippen molar-refractivity contribution in [3.63, 3.8) is 0 Å². The Hall–Kier alpha value is -2.17. The summed E-state index contributed by atoms with van der Waals surface area (Å²) >= 11 is 0. The van der Waals surface area contributed by atoms with Gasteiger partial charge in [0.15, 0.2) is 6.29 Å². The van der Waals surface area contributed by atoms with E-state index < -0.39 is 0 Å². The standard InChI is InChI=1S/C16H15NO3/c18-17-11-12-5-1-2-6-13(12)14-7-3-4-8-15(14)16-19-9-10-20-16/h1-8,11,16,18H,9-10H2/b17-11-. The second kappa shape index (κ2) is 5.86. The quantitative estimate of drug-likeness (QED) is 0.529. The molecule has 1 fully saturated rings. The number of benzene rings is 2. The van der Waals surface area contributed by atoms with Crippen LogP contribution in [0.2, 0.25) is 0 Å². The first kappa shape index (κ1) is 12.8. The second-order valence-corrected chi connectivity index (χ2v) is 4.49. The minimum Gasteiger partial charge on any atom is -0.411 e. The monoisotopic (exact) mass is 269 g/mol. The highest BCUT2D eigenvalue weighted by atomic mass is 16.7. The van der Waals surface area contributed by atoms with Crippen LogP contribution >= 0.6 is 0 Å². The smallest absolute Gasteiger partial charge is 0.184 e. The number of oxime groups is 1. The third kappa shape index (κ3) is 2.43. The van der Waals surface area contributed by atoms with Crippen LogP contribution in [0.5, 0.6) is 0 Å². The van der Waals surface area contributed by atoms with Gasteiger partial charge >= 0.3 is 0 Å². The number of rotatable bonds is 3. The molecule has 4 nitrogen and oxygen atoms in total. The van der Waals surface area contributed by atoms with Crippen molar-refractivity contribution < 1.29 is 14.7 Å². The predicted octanol–water partition coefficient (Wildman–Crippen LogP) is 3.21. The molecule has 1 aliphatic rings. The van der Waals surface area contributed by atoms with Crippen LogP contribution in [0.15, 0.2) is 53.7 Å². The van der Waals surface area contributed by atoms with Crippen LogP contribution in [0.1, 0.15) is 17.4 Å². The van der Waals surface area contributed by atoms with Crippen LogP contribution < -0.4 is 0 Å². The summed E-state index contributed by atoms with van der Waals surface area (Å²) in [6.45, 7) is 1.22. The lowest BCUT2D eigenvalue weighted by molar-refractivity contribution is -0.0436. The van der Waals surface area contributed by atoms with E-state index >= 15 is 0 Å². The van der Waals surface area contributed by atoms with Crippen molar-refractivity contribution in [3.05, 3.63) is 59.7 Å². The highest BCUT2D eigenvalue weighted by Crippen LogP contribution is 2.33. The topological polar surface area (TPSA) is 51.1 Å². The maximum absolute atomic E-state index is 8.79. The van der Waals surface area contributed by atoms with E-state index in [1.165, 1.54) is 6.21 Å². The van der Waals surface area contributed by atoms with E-state index in [0.29, 0.717) is 13.2 Å². The van der Waals surface area contributed by atoms with Crippen molar-refractivity contribution >= 4 is 6.21 Å². The summed E-state index contributed by atoms with van der Waals surface area (Å²) in [7, 11) is 0. The molecule has 20 heavy (non-hydrogen) atoms. The second-order valence-electron chi connectivity index (χ2n) is 4.49. The van der Waals surface area contributed by atoms with Gasteiger partial charge in [0, 0.05) is 11.1 Å². The van der Waals surface area contributed by atoms with Gasteiger partial charge in [-0.2, -0.15) is 0 Å². The number of nitrogens with zero attached hydrogens (tertiary/aromatic N) is 1. The molecule has 0 radical (unpaired) electrons. The summed E-state index contributed by atoms with van der Waals surface area (Å²) in [5, 5.41) is 11.9. The minimum absolute atomic E-state index is 0.328. The van der Waals surface area contributed by atoms with Gasteiger partial charge in [-0.1, -0.05) is 53.7 Å². The molecule has 0 spiro atoms. The molecule has 2 aromatic carbocycles. The fourth-order valence-electron chi connectivity index (χ4n) is 2.40. The van der Waals surface area contributed by atoms with Gasteiger partial charge in [-0.3, -0.25) is 0 Å². The van der Waals surface area contributed by atoms with Crippen molar-refractivity contribution in [1.29, 1.82) is 0 Å². The van der Waals surface area contributed by atoms with Crippen LogP contribution in [0.25, 0.3) is 11.1 Å². The Bertz CT molecular complexity index is 619. The molecular formula is C16H15NO3. The maximum atomic E-state index is 8.79. The van der Waals surface area contributed by atoms with Gasteiger partial charge in [-0.05, 0) is 11.1 Å². The molecule has 4 heteroatoms. The first-order chi connectivity index (χ1) is 9.90. The van der Waals surface area contributed by atoms with E-state index in [-0.39, 0.29) is 6.29 Å². The fraction of sp³-hybridized carbons (Fsp3) is 0.188. The molecule has 1 saturated heterocycles. The SMILES string of the molecule is O/N=C\c1ccccc1-c1ccccc1C1OCCO1. The van der Waals surface area contributed by atoms with Crippen molar-refractivity contribution in [1.82, 2.24) is 0 Å². The van der Waals surface area contributed by atoms with E-state index in [1.54, 1.807) is 0 Å². The Labute approximate surface area is 117 Å². The highest BCUT2D eigenvalue weighted by molar-refractivity contribution is 5.90. The Morgan fingerprint density at radius 2 is 1.60 bits per heavy atom. The minimum atomic E-state index is -0.328. The first-order valence-corrected chi connectivity index (χ1v) is 6.49. The van der Waals surface area contributed by atoms with Gasteiger partial charge in [0.05, 0.1) is 19.4 Å². The van der Waals surface area contributed by atoms with Crippen LogP contribution in [0.3, 0.4) is 0 Å². The molecule has 0 amide bonds. The summed E-state index contributed by atoms with van der Waals surface area (Å²) in [5.41, 5.74) is 3.85. The van der Waals surface area contributed by atoms with Crippen LogP contribution in [-0.4, -0.2) is 24.6 Å².